The number of nitrogens with one attached hydrogen (secondary N) is 3. The maximum absolute atomic E-state index is 11.6. The molecule has 1 fully saturated rings. The second-order valence-electron chi connectivity index (χ2n) is 4.49. The molecule has 1 saturated heterocycles. The largest absolute Gasteiger partial charge is 0.303 e. The van der Waals surface area contributed by atoms with Crippen LogP contribution in [0.25, 0.3) is 0 Å². The molecule has 0 saturated carbocycles. The van der Waals surface area contributed by atoms with Crippen molar-refractivity contribution in [2.24, 2.45) is 11.0 Å². The minimum atomic E-state index is -0.357. The van der Waals surface area contributed by atoms with Crippen molar-refractivity contribution in [1.82, 2.24) is 16.3 Å². The van der Waals surface area contributed by atoms with Crippen LogP contribution in [-0.4, -0.2) is 18.0 Å². The maximum Gasteiger partial charge on any atom is 0.247 e. The summed E-state index contributed by atoms with van der Waals surface area (Å²) in [5, 5.41) is 5.87. The average Bonchev–Trinajstić information content (AvgIpc) is 2.95. The summed E-state index contributed by atoms with van der Waals surface area (Å²) in [5.41, 5.74) is 9.30. The summed E-state index contributed by atoms with van der Waals surface area (Å²) in [6.45, 7) is 5.70. The molecule has 0 radical (unpaired) electrons. The monoisotopic (exact) mass is 292 g/mol. The smallest absolute Gasteiger partial charge is 0.247 e. The zero-order chi connectivity index (χ0) is 14.5. The van der Waals surface area contributed by atoms with Crippen molar-refractivity contribution in [2.45, 2.75) is 19.8 Å². The number of carbonyl (C=O) groups is 2. The SMILES string of the molecule is C=C1NNC(=O)C1CCC(=O)NN=Cc1sccc1C. The lowest BCUT2D eigenvalue weighted by atomic mass is 10.0. The first kappa shape index (κ1) is 14.3. The molecule has 2 amide bonds. The lowest BCUT2D eigenvalue weighted by Crippen LogP contribution is -2.26. The molecular weight excluding hydrogens is 276 g/mol. The topological polar surface area (TPSA) is 82.6 Å². The van der Waals surface area contributed by atoms with Gasteiger partial charge in [0.2, 0.25) is 11.8 Å². The number of nitrogens with zero attached hydrogens (tertiary/aromatic N) is 1. The van der Waals surface area contributed by atoms with E-state index < -0.39 is 0 Å². The number of amides is 2. The molecular formula is C13H16N4O2S. The highest BCUT2D eigenvalue weighted by atomic mass is 32.1. The van der Waals surface area contributed by atoms with Crippen molar-refractivity contribution in [1.29, 1.82) is 0 Å². The zero-order valence-electron chi connectivity index (χ0n) is 11.1. The van der Waals surface area contributed by atoms with E-state index in [4.69, 9.17) is 0 Å². The van der Waals surface area contributed by atoms with E-state index in [9.17, 15) is 9.59 Å². The zero-order valence-corrected chi connectivity index (χ0v) is 11.9. The summed E-state index contributed by atoms with van der Waals surface area (Å²) in [7, 11) is 0. The molecule has 1 aromatic rings. The first-order valence-electron chi connectivity index (χ1n) is 6.18. The molecule has 1 unspecified atom stereocenters. The number of hydrazine groups is 1. The van der Waals surface area contributed by atoms with E-state index in [1.807, 2.05) is 18.4 Å². The van der Waals surface area contributed by atoms with Crippen LogP contribution in [0.3, 0.4) is 0 Å². The van der Waals surface area contributed by atoms with E-state index in [2.05, 4.69) is 28.0 Å². The van der Waals surface area contributed by atoms with Gasteiger partial charge in [-0.25, -0.2) is 5.43 Å². The van der Waals surface area contributed by atoms with E-state index in [1.165, 1.54) is 0 Å². The van der Waals surface area contributed by atoms with Crippen molar-refractivity contribution in [2.75, 3.05) is 0 Å². The van der Waals surface area contributed by atoms with Gasteiger partial charge >= 0.3 is 0 Å². The van der Waals surface area contributed by atoms with Crippen molar-refractivity contribution >= 4 is 29.4 Å². The molecule has 0 aliphatic carbocycles. The van der Waals surface area contributed by atoms with Gasteiger partial charge in [0.1, 0.15) is 0 Å². The van der Waals surface area contributed by atoms with Crippen LogP contribution in [0.2, 0.25) is 0 Å². The molecule has 3 N–H and O–H groups in total. The minimum absolute atomic E-state index is 0.152. The highest BCUT2D eigenvalue weighted by molar-refractivity contribution is 7.11. The number of aryl methyl sites for hydroxylation is 1. The Labute approximate surface area is 120 Å². The van der Waals surface area contributed by atoms with Gasteiger partial charge in [0.15, 0.2) is 0 Å². The molecule has 2 rings (SSSR count). The minimum Gasteiger partial charge on any atom is -0.303 e. The second-order valence-corrected chi connectivity index (χ2v) is 5.44. The van der Waals surface area contributed by atoms with E-state index in [1.54, 1.807) is 17.6 Å². The number of hydrogen-bond donors (Lipinski definition) is 3. The molecule has 0 spiro atoms. The van der Waals surface area contributed by atoms with Crippen molar-refractivity contribution in [3.8, 4) is 0 Å². The second kappa shape index (κ2) is 6.33. The van der Waals surface area contributed by atoms with Crippen LogP contribution in [0.15, 0.2) is 28.8 Å². The summed E-state index contributed by atoms with van der Waals surface area (Å²) in [6, 6.07) is 1.99. The molecule has 2 heterocycles. The van der Waals surface area contributed by atoms with Crippen LogP contribution in [0.4, 0.5) is 0 Å². The number of hydrazone groups is 1. The van der Waals surface area contributed by atoms with Gasteiger partial charge in [-0.1, -0.05) is 6.58 Å². The van der Waals surface area contributed by atoms with Crippen molar-refractivity contribution in [3.05, 3.63) is 34.2 Å². The highest BCUT2D eigenvalue weighted by Crippen LogP contribution is 2.17. The predicted octanol–water partition coefficient (Wildman–Crippen LogP) is 1.05. The third kappa shape index (κ3) is 3.45. The van der Waals surface area contributed by atoms with Gasteiger partial charge in [-0.05, 0) is 30.4 Å². The van der Waals surface area contributed by atoms with Crippen molar-refractivity contribution in [3.63, 3.8) is 0 Å². The first-order chi connectivity index (χ1) is 9.58. The van der Waals surface area contributed by atoms with E-state index in [0.717, 1.165) is 10.4 Å². The number of hydrogen-bond acceptors (Lipinski definition) is 5. The summed E-state index contributed by atoms with van der Waals surface area (Å²) >= 11 is 1.56. The Hall–Kier alpha value is -2.15. The van der Waals surface area contributed by atoms with Gasteiger partial charge in [0, 0.05) is 17.0 Å². The van der Waals surface area contributed by atoms with Gasteiger partial charge in [-0.3, -0.25) is 15.0 Å². The third-order valence-corrected chi connectivity index (χ3v) is 3.97. The van der Waals surface area contributed by atoms with Crippen LogP contribution in [-0.2, 0) is 9.59 Å². The van der Waals surface area contributed by atoms with Crippen LogP contribution < -0.4 is 16.3 Å². The Kier molecular flexibility index (Phi) is 4.52. The first-order valence-corrected chi connectivity index (χ1v) is 7.06. The Balaban J connectivity index is 1.76. The van der Waals surface area contributed by atoms with Crippen LogP contribution in [0.1, 0.15) is 23.3 Å². The molecule has 7 heteroatoms. The molecule has 6 nitrogen and oxygen atoms in total. The van der Waals surface area contributed by atoms with E-state index in [0.29, 0.717) is 12.1 Å². The van der Waals surface area contributed by atoms with Crippen LogP contribution in [0, 0.1) is 12.8 Å². The Bertz CT molecular complexity index is 548. The van der Waals surface area contributed by atoms with Gasteiger partial charge in [-0.2, -0.15) is 5.10 Å². The van der Waals surface area contributed by atoms with Crippen LogP contribution in [0.5, 0.6) is 0 Å². The van der Waals surface area contributed by atoms with Gasteiger partial charge < -0.3 is 5.43 Å². The lowest BCUT2D eigenvalue weighted by Gasteiger charge is -2.05. The maximum atomic E-state index is 11.6. The fraction of sp³-hybridized carbons (Fsp3) is 0.308. The Morgan fingerprint density at radius 2 is 2.40 bits per heavy atom. The average molecular weight is 292 g/mol. The Morgan fingerprint density at radius 1 is 1.60 bits per heavy atom. The van der Waals surface area contributed by atoms with Crippen molar-refractivity contribution < 1.29 is 9.59 Å². The summed E-state index contributed by atoms with van der Waals surface area (Å²) in [4.78, 5) is 24.0. The van der Waals surface area contributed by atoms with Crippen LogP contribution >= 0.6 is 11.3 Å². The van der Waals surface area contributed by atoms with Gasteiger partial charge in [0.25, 0.3) is 0 Å². The fourth-order valence-corrected chi connectivity index (χ4v) is 2.58. The molecule has 1 aliphatic heterocycles. The van der Waals surface area contributed by atoms with E-state index in [-0.39, 0.29) is 24.2 Å². The predicted molar refractivity (Wildman–Crippen MR) is 77.9 cm³/mol. The quantitative estimate of drug-likeness (QED) is 0.560. The van der Waals surface area contributed by atoms with Gasteiger partial charge in [0.05, 0.1) is 12.1 Å². The number of carbonyl (C=O) groups excluding carboxylic acids is 2. The fourth-order valence-electron chi connectivity index (χ4n) is 1.79. The molecule has 1 aliphatic rings. The lowest BCUT2D eigenvalue weighted by molar-refractivity contribution is -0.123. The molecule has 1 atom stereocenters. The van der Waals surface area contributed by atoms with E-state index >= 15 is 0 Å². The normalized spacial score (nSPS) is 18.1. The number of thiophene rings is 1. The third-order valence-electron chi connectivity index (χ3n) is 3.02. The highest BCUT2D eigenvalue weighted by Gasteiger charge is 2.27. The Morgan fingerprint density at radius 3 is 3.00 bits per heavy atom. The number of rotatable bonds is 5. The molecule has 20 heavy (non-hydrogen) atoms. The summed E-state index contributed by atoms with van der Waals surface area (Å²) < 4.78 is 0. The molecule has 1 aromatic heterocycles. The summed E-state index contributed by atoms with van der Waals surface area (Å²) in [5.74, 6) is -0.729. The van der Waals surface area contributed by atoms with Gasteiger partial charge in [-0.15, -0.1) is 11.3 Å². The molecule has 0 aromatic carbocycles. The molecule has 106 valence electrons. The standard InChI is InChI=1S/C13H16N4O2S/c1-8-5-6-20-11(8)7-14-16-12(18)4-3-10-9(2)15-17-13(10)19/h5-7,10,15H,2-4H2,1H3,(H,16,18)(H,17,19). The molecule has 0 bridgehead atoms. The summed E-state index contributed by atoms with van der Waals surface area (Å²) in [6.07, 6.45) is 2.26.